The number of rotatable bonds is 7. The molecule has 1 aliphatic rings. The molecule has 0 saturated carbocycles. The van der Waals surface area contributed by atoms with Crippen molar-refractivity contribution in [2.75, 3.05) is 58.3 Å². The lowest BCUT2D eigenvalue weighted by molar-refractivity contribution is -0.131. The molecule has 1 amide bonds. The van der Waals surface area contributed by atoms with Crippen LogP contribution in [0.5, 0.6) is 0 Å². The van der Waals surface area contributed by atoms with E-state index in [0.29, 0.717) is 25.5 Å². The molecule has 0 aromatic carbocycles. The molecule has 1 fully saturated rings. The van der Waals surface area contributed by atoms with Crippen LogP contribution in [0.1, 0.15) is 20.3 Å². The molecule has 150 valence electrons. The molecule has 0 atom stereocenters. The summed E-state index contributed by atoms with van der Waals surface area (Å²) in [5, 5.41) is 6.40. The molecule has 0 radical (unpaired) electrons. The Balaban J connectivity index is 1.69. The number of methoxy groups -OCH3 is 1. The third kappa shape index (κ3) is 6.71. The summed E-state index contributed by atoms with van der Waals surface area (Å²) in [6, 6.07) is 5.90. The minimum atomic E-state index is -0.277. The number of amides is 1. The van der Waals surface area contributed by atoms with Gasteiger partial charge in [-0.05, 0) is 26.0 Å². The van der Waals surface area contributed by atoms with E-state index in [0.717, 1.165) is 32.0 Å². The SMILES string of the molecule is CN=C(NCCC(=O)N1CCN(c2ccccn2)CC1)NCC(C)(C)OC. The highest BCUT2D eigenvalue weighted by Crippen LogP contribution is 2.12. The second-order valence-electron chi connectivity index (χ2n) is 7.12. The van der Waals surface area contributed by atoms with E-state index in [2.05, 4.69) is 25.5 Å². The van der Waals surface area contributed by atoms with Gasteiger partial charge in [0.2, 0.25) is 5.91 Å². The third-order valence-corrected chi connectivity index (χ3v) is 4.69. The number of hydrogen-bond acceptors (Lipinski definition) is 5. The first kappa shape index (κ1) is 21.0. The van der Waals surface area contributed by atoms with Crippen LogP contribution in [-0.2, 0) is 9.53 Å². The number of aliphatic imine (C=N–C) groups is 1. The quantitative estimate of drug-likeness (QED) is 0.539. The molecule has 2 N–H and O–H groups in total. The van der Waals surface area contributed by atoms with Crippen LogP contribution in [0.4, 0.5) is 5.82 Å². The summed E-state index contributed by atoms with van der Waals surface area (Å²) in [7, 11) is 3.40. The summed E-state index contributed by atoms with van der Waals surface area (Å²) in [6.45, 7) is 8.26. The van der Waals surface area contributed by atoms with Gasteiger partial charge in [0, 0.05) is 66.0 Å². The van der Waals surface area contributed by atoms with Gasteiger partial charge < -0.3 is 25.2 Å². The molecule has 1 aromatic heterocycles. The molecule has 2 rings (SSSR count). The van der Waals surface area contributed by atoms with Crippen molar-refractivity contribution in [3.05, 3.63) is 24.4 Å². The summed E-state index contributed by atoms with van der Waals surface area (Å²) in [4.78, 5) is 25.1. The Morgan fingerprint density at radius 1 is 1.26 bits per heavy atom. The van der Waals surface area contributed by atoms with Gasteiger partial charge in [-0.1, -0.05) is 6.07 Å². The Morgan fingerprint density at radius 3 is 2.59 bits per heavy atom. The number of hydrogen-bond donors (Lipinski definition) is 2. The molecule has 27 heavy (non-hydrogen) atoms. The van der Waals surface area contributed by atoms with Gasteiger partial charge in [-0.2, -0.15) is 0 Å². The number of carbonyl (C=O) groups excluding carboxylic acids is 1. The lowest BCUT2D eigenvalue weighted by Crippen LogP contribution is -2.50. The first-order valence-electron chi connectivity index (χ1n) is 9.38. The van der Waals surface area contributed by atoms with Gasteiger partial charge in [0.05, 0.1) is 5.60 Å². The monoisotopic (exact) mass is 376 g/mol. The van der Waals surface area contributed by atoms with Crippen molar-refractivity contribution in [1.29, 1.82) is 0 Å². The Labute approximate surface area is 162 Å². The average molecular weight is 377 g/mol. The van der Waals surface area contributed by atoms with Gasteiger partial charge in [0.1, 0.15) is 5.82 Å². The number of ether oxygens (including phenoxy) is 1. The number of aromatic nitrogens is 1. The second-order valence-corrected chi connectivity index (χ2v) is 7.12. The van der Waals surface area contributed by atoms with Crippen LogP contribution < -0.4 is 15.5 Å². The maximum absolute atomic E-state index is 12.4. The van der Waals surface area contributed by atoms with Crippen LogP contribution in [0, 0.1) is 0 Å². The Morgan fingerprint density at radius 2 is 2.00 bits per heavy atom. The van der Waals surface area contributed by atoms with Crippen LogP contribution >= 0.6 is 0 Å². The number of nitrogens with one attached hydrogen (secondary N) is 2. The Bertz CT molecular complexity index is 612. The van der Waals surface area contributed by atoms with Gasteiger partial charge in [-0.15, -0.1) is 0 Å². The van der Waals surface area contributed by atoms with Gasteiger partial charge >= 0.3 is 0 Å². The van der Waals surface area contributed by atoms with E-state index in [4.69, 9.17) is 4.74 Å². The summed E-state index contributed by atoms with van der Waals surface area (Å²) in [6.07, 6.45) is 2.24. The predicted molar refractivity (Wildman–Crippen MR) is 108 cm³/mol. The molecule has 0 unspecified atom stereocenters. The van der Waals surface area contributed by atoms with Crippen molar-refractivity contribution in [2.24, 2.45) is 4.99 Å². The van der Waals surface area contributed by atoms with Crippen molar-refractivity contribution in [2.45, 2.75) is 25.9 Å². The van der Waals surface area contributed by atoms with Crippen LogP contribution in [0.3, 0.4) is 0 Å². The van der Waals surface area contributed by atoms with E-state index in [1.165, 1.54) is 0 Å². The van der Waals surface area contributed by atoms with Crippen LogP contribution in [0.15, 0.2) is 29.4 Å². The Hall–Kier alpha value is -2.35. The molecular weight excluding hydrogens is 344 g/mol. The maximum atomic E-state index is 12.4. The number of pyridine rings is 1. The lowest BCUT2D eigenvalue weighted by atomic mass is 10.1. The number of guanidine groups is 1. The molecular formula is C19H32N6O2. The highest BCUT2D eigenvalue weighted by atomic mass is 16.5. The summed E-state index contributed by atoms with van der Waals surface area (Å²) >= 11 is 0. The first-order chi connectivity index (χ1) is 12.9. The van der Waals surface area contributed by atoms with Gasteiger partial charge in [0.15, 0.2) is 5.96 Å². The van der Waals surface area contributed by atoms with E-state index in [1.54, 1.807) is 20.4 Å². The fourth-order valence-corrected chi connectivity index (χ4v) is 2.76. The Kier molecular flexibility index (Phi) is 7.84. The number of carbonyl (C=O) groups is 1. The zero-order valence-corrected chi connectivity index (χ0v) is 16.9. The molecule has 1 aromatic rings. The molecule has 8 nitrogen and oxygen atoms in total. The number of piperazine rings is 1. The lowest BCUT2D eigenvalue weighted by Gasteiger charge is -2.35. The van der Waals surface area contributed by atoms with Gasteiger partial charge in [-0.3, -0.25) is 9.79 Å². The molecule has 0 spiro atoms. The molecule has 0 bridgehead atoms. The zero-order chi connectivity index (χ0) is 19.7. The van der Waals surface area contributed by atoms with Crippen molar-refractivity contribution in [1.82, 2.24) is 20.5 Å². The highest BCUT2D eigenvalue weighted by molar-refractivity contribution is 5.81. The van der Waals surface area contributed by atoms with Gasteiger partial charge in [0.25, 0.3) is 0 Å². The van der Waals surface area contributed by atoms with Crippen LogP contribution in [0.25, 0.3) is 0 Å². The predicted octanol–water partition coefficient (Wildman–Crippen LogP) is 0.710. The summed E-state index contributed by atoms with van der Waals surface area (Å²) in [5.74, 6) is 1.81. The summed E-state index contributed by atoms with van der Waals surface area (Å²) in [5.41, 5.74) is -0.277. The number of anilines is 1. The fraction of sp³-hybridized carbons (Fsp3) is 0.632. The second kappa shape index (κ2) is 10.1. The van der Waals surface area contributed by atoms with E-state index < -0.39 is 0 Å². The normalized spacial score (nSPS) is 15.6. The zero-order valence-electron chi connectivity index (χ0n) is 16.9. The largest absolute Gasteiger partial charge is 0.377 e. The third-order valence-electron chi connectivity index (χ3n) is 4.69. The topological polar surface area (TPSA) is 82.1 Å². The first-order valence-corrected chi connectivity index (χ1v) is 9.38. The summed E-state index contributed by atoms with van der Waals surface area (Å²) < 4.78 is 5.38. The molecule has 2 heterocycles. The average Bonchev–Trinajstić information content (AvgIpc) is 2.71. The van der Waals surface area contributed by atoms with Crippen molar-refractivity contribution in [3.63, 3.8) is 0 Å². The molecule has 1 saturated heterocycles. The highest BCUT2D eigenvalue weighted by Gasteiger charge is 2.21. The van der Waals surface area contributed by atoms with Crippen molar-refractivity contribution in [3.8, 4) is 0 Å². The molecule has 8 heteroatoms. The minimum absolute atomic E-state index is 0.163. The minimum Gasteiger partial charge on any atom is -0.377 e. The van der Waals surface area contributed by atoms with Gasteiger partial charge in [-0.25, -0.2) is 4.98 Å². The van der Waals surface area contributed by atoms with E-state index in [1.807, 2.05) is 36.9 Å². The molecule has 0 aliphatic carbocycles. The molecule has 1 aliphatic heterocycles. The van der Waals surface area contributed by atoms with E-state index >= 15 is 0 Å². The number of nitrogens with zero attached hydrogens (tertiary/aromatic N) is 4. The maximum Gasteiger partial charge on any atom is 0.224 e. The van der Waals surface area contributed by atoms with E-state index in [-0.39, 0.29) is 11.5 Å². The smallest absolute Gasteiger partial charge is 0.224 e. The fourth-order valence-electron chi connectivity index (χ4n) is 2.76. The van der Waals surface area contributed by atoms with Crippen LogP contribution in [0.2, 0.25) is 0 Å². The van der Waals surface area contributed by atoms with E-state index in [9.17, 15) is 4.79 Å². The van der Waals surface area contributed by atoms with Crippen molar-refractivity contribution < 1.29 is 9.53 Å². The standard InChI is InChI=1S/C19H32N6O2/c1-19(2,27-4)15-23-18(20-3)22-10-8-17(26)25-13-11-24(12-14-25)16-7-5-6-9-21-16/h5-7,9H,8,10-15H2,1-4H3,(H2,20,22,23). The van der Waals surface area contributed by atoms with Crippen LogP contribution in [-0.4, -0.2) is 80.8 Å². The van der Waals surface area contributed by atoms with Crippen molar-refractivity contribution >= 4 is 17.7 Å².